The van der Waals surface area contributed by atoms with Crippen LogP contribution in [0.25, 0.3) is 0 Å². The van der Waals surface area contributed by atoms with E-state index < -0.39 is 34.3 Å². The predicted octanol–water partition coefficient (Wildman–Crippen LogP) is 1.63. The first-order valence-electron chi connectivity index (χ1n) is 3.77. The lowest BCUT2D eigenvalue weighted by Gasteiger charge is -2.03. The molecule has 0 atom stereocenters. The molecule has 9 heteroatoms. The second-order valence-electron chi connectivity index (χ2n) is 2.65. The number of carbonyl (C=O) groups is 1. The Balaban J connectivity index is 3.49. The molecule has 0 bridgehead atoms. The summed E-state index contributed by atoms with van der Waals surface area (Å²) >= 11 is 1.56. The highest BCUT2D eigenvalue weighted by atomic mass is 127. The molecule has 2 N–H and O–H groups in total. The predicted molar refractivity (Wildman–Crippen MR) is 57.1 cm³/mol. The van der Waals surface area contributed by atoms with Crippen LogP contribution in [-0.2, 0) is 0 Å². The summed E-state index contributed by atoms with van der Waals surface area (Å²) < 4.78 is 24.9. The van der Waals surface area contributed by atoms with Gasteiger partial charge in [0, 0.05) is 0 Å². The van der Waals surface area contributed by atoms with Crippen molar-refractivity contribution in [3.63, 3.8) is 0 Å². The summed E-state index contributed by atoms with van der Waals surface area (Å²) in [6, 6.07) is 0.830. The first kappa shape index (κ1) is 12.7. The zero-order chi connectivity index (χ0) is 12.5. The summed E-state index contributed by atoms with van der Waals surface area (Å²) in [4.78, 5) is 23.4. The van der Waals surface area contributed by atoms with Crippen molar-refractivity contribution in [2.75, 3.05) is 0 Å². The number of carbonyl (C=O) groups excluding carboxylic acids is 1. The van der Waals surface area contributed by atoms with Crippen LogP contribution in [0.3, 0.4) is 0 Å². The number of nitro groups is 1. The van der Waals surface area contributed by atoms with E-state index in [9.17, 15) is 23.7 Å². The average Bonchev–Trinajstić information content (AvgIpc) is 2.15. The zero-order valence-electron chi connectivity index (χ0n) is 7.49. The number of primary amides is 1. The molecule has 1 amide bonds. The monoisotopic (exact) mass is 343 g/mol. The number of amides is 1. The topological polar surface area (TPSA) is 99.1 Å². The standard InChI is InChI=1S/C7H4F2IN3O3/c8-5(9)2-1-3(10)4(6(11)14)12-7(2)13(15)16/h1,5H,(H2,11,14). The van der Waals surface area contributed by atoms with E-state index in [1.165, 1.54) is 0 Å². The van der Waals surface area contributed by atoms with Crippen LogP contribution in [0.15, 0.2) is 6.07 Å². The third-order valence-electron chi connectivity index (χ3n) is 1.63. The summed E-state index contributed by atoms with van der Waals surface area (Å²) in [7, 11) is 0. The lowest BCUT2D eigenvalue weighted by molar-refractivity contribution is -0.391. The van der Waals surface area contributed by atoms with E-state index in [0.717, 1.165) is 6.07 Å². The normalized spacial score (nSPS) is 10.5. The minimum Gasteiger partial charge on any atom is -0.362 e. The van der Waals surface area contributed by atoms with Crippen LogP contribution in [0.2, 0.25) is 0 Å². The number of nitrogens with two attached hydrogens (primary N) is 1. The lowest BCUT2D eigenvalue weighted by atomic mass is 10.2. The number of hydrogen-bond donors (Lipinski definition) is 1. The molecule has 0 saturated heterocycles. The highest BCUT2D eigenvalue weighted by molar-refractivity contribution is 14.1. The fraction of sp³-hybridized carbons (Fsp3) is 0.143. The minimum absolute atomic E-state index is 0.0472. The van der Waals surface area contributed by atoms with Gasteiger partial charge in [0.1, 0.15) is 5.56 Å². The summed E-state index contributed by atoms with van der Waals surface area (Å²) in [6.07, 6.45) is -3.04. The molecular weight excluding hydrogens is 339 g/mol. The van der Waals surface area contributed by atoms with Gasteiger partial charge in [-0.1, -0.05) is 0 Å². The Morgan fingerprint density at radius 2 is 2.19 bits per heavy atom. The van der Waals surface area contributed by atoms with E-state index in [4.69, 9.17) is 5.73 Å². The van der Waals surface area contributed by atoms with Crippen molar-refractivity contribution in [3.8, 4) is 0 Å². The number of alkyl halides is 2. The van der Waals surface area contributed by atoms with Gasteiger partial charge in [0.2, 0.25) is 0 Å². The largest absolute Gasteiger partial charge is 0.373 e. The van der Waals surface area contributed by atoms with Crippen molar-refractivity contribution in [1.82, 2.24) is 4.98 Å². The Morgan fingerprint density at radius 3 is 2.56 bits per heavy atom. The first-order chi connectivity index (χ1) is 7.34. The Hall–Kier alpha value is -1.39. The molecule has 0 aliphatic heterocycles. The van der Waals surface area contributed by atoms with E-state index in [1.807, 2.05) is 0 Å². The van der Waals surface area contributed by atoms with Crippen molar-refractivity contribution in [1.29, 1.82) is 0 Å². The smallest absolute Gasteiger partial charge is 0.362 e. The van der Waals surface area contributed by atoms with Gasteiger partial charge in [-0.2, -0.15) is 0 Å². The molecule has 16 heavy (non-hydrogen) atoms. The van der Waals surface area contributed by atoms with Crippen LogP contribution in [-0.4, -0.2) is 15.8 Å². The molecule has 6 nitrogen and oxygen atoms in total. The first-order valence-corrected chi connectivity index (χ1v) is 4.85. The summed E-state index contributed by atoms with van der Waals surface area (Å²) in [5.74, 6) is -2.06. The van der Waals surface area contributed by atoms with Crippen LogP contribution >= 0.6 is 22.6 Å². The number of pyridine rings is 1. The summed E-state index contributed by atoms with van der Waals surface area (Å²) in [6.45, 7) is 0. The third kappa shape index (κ3) is 2.40. The molecule has 0 saturated carbocycles. The summed E-state index contributed by atoms with van der Waals surface area (Å²) in [5, 5.41) is 10.5. The van der Waals surface area contributed by atoms with E-state index in [-0.39, 0.29) is 3.57 Å². The van der Waals surface area contributed by atoms with Gasteiger partial charge in [-0.3, -0.25) is 4.79 Å². The highest BCUT2D eigenvalue weighted by Crippen LogP contribution is 2.29. The van der Waals surface area contributed by atoms with E-state index >= 15 is 0 Å². The molecule has 1 aromatic heterocycles. The molecule has 1 rings (SSSR count). The molecule has 0 unspecified atom stereocenters. The Kier molecular flexibility index (Phi) is 3.67. The van der Waals surface area contributed by atoms with Crippen LogP contribution in [0.5, 0.6) is 0 Å². The Bertz CT molecular complexity index is 466. The molecule has 0 radical (unpaired) electrons. The number of nitrogens with zero attached hydrogens (tertiary/aromatic N) is 2. The van der Waals surface area contributed by atoms with Gasteiger partial charge in [0.05, 0.1) is 3.57 Å². The van der Waals surface area contributed by atoms with Gasteiger partial charge in [-0.15, -0.1) is 0 Å². The zero-order valence-corrected chi connectivity index (χ0v) is 9.64. The Labute approximate surface area is 101 Å². The van der Waals surface area contributed by atoms with Gasteiger partial charge in [0.15, 0.2) is 0 Å². The maximum atomic E-state index is 12.4. The molecule has 0 spiro atoms. The average molecular weight is 343 g/mol. The van der Waals surface area contributed by atoms with Crippen molar-refractivity contribution in [2.45, 2.75) is 6.43 Å². The molecule has 86 valence electrons. The fourth-order valence-corrected chi connectivity index (χ4v) is 1.69. The van der Waals surface area contributed by atoms with Gasteiger partial charge < -0.3 is 15.8 Å². The number of rotatable bonds is 3. The van der Waals surface area contributed by atoms with Gasteiger partial charge in [-0.05, 0) is 38.6 Å². The van der Waals surface area contributed by atoms with Crippen molar-refractivity contribution in [3.05, 3.63) is 31.0 Å². The van der Waals surface area contributed by atoms with E-state index in [0.29, 0.717) is 0 Å². The Morgan fingerprint density at radius 1 is 1.62 bits per heavy atom. The second kappa shape index (κ2) is 4.63. The SMILES string of the molecule is NC(=O)c1nc([N+](=O)[O-])c(C(F)F)cc1I. The van der Waals surface area contributed by atoms with Gasteiger partial charge >= 0.3 is 5.82 Å². The van der Waals surface area contributed by atoms with Crippen LogP contribution < -0.4 is 5.73 Å². The molecular formula is C7H4F2IN3O3. The number of aromatic nitrogens is 1. The lowest BCUT2D eigenvalue weighted by Crippen LogP contribution is -2.16. The molecule has 0 aliphatic rings. The van der Waals surface area contributed by atoms with Gasteiger partial charge in [0.25, 0.3) is 18.0 Å². The number of halogens is 3. The maximum absolute atomic E-state index is 12.4. The van der Waals surface area contributed by atoms with Crippen molar-refractivity contribution < 1.29 is 18.5 Å². The minimum atomic E-state index is -3.04. The van der Waals surface area contributed by atoms with Crippen molar-refractivity contribution in [2.24, 2.45) is 5.73 Å². The third-order valence-corrected chi connectivity index (χ3v) is 2.45. The molecule has 1 aromatic rings. The van der Waals surface area contributed by atoms with Crippen LogP contribution in [0.1, 0.15) is 22.5 Å². The quantitative estimate of drug-likeness (QED) is 0.512. The highest BCUT2D eigenvalue weighted by Gasteiger charge is 2.28. The van der Waals surface area contributed by atoms with E-state index in [2.05, 4.69) is 4.98 Å². The molecule has 0 aliphatic carbocycles. The molecule has 0 fully saturated rings. The van der Waals surface area contributed by atoms with Crippen LogP contribution in [0.4, 0.5) is 14.6 Å². The van der Waals surface area contributed by atoms with E-state index in [1.54, 1.807) is 22.6 Å². The molecule has 1 heterocycles. The molecule has 0 aromatic carbocycles. The second-order valence-corrected chi connectivity index (χ2v) is 3.82. The summed E-state index contributed by atoms with van der Waals surface area (Å²) in [5.41, 5.74) is 3.67. The van der Waals surface area contributed by atoms with Crippen molar-refractivity contribution >= 4 is 34.3 Å². The van der Waals surface area contributed by atoms with Gasteiger partial charge in [-0.25, -0.2) is 8.78 Å². The number of hydrogen-bond acceptors (Lipinski definition) is 4. The fourth-order valence-electron chi connectivity index (χ4n) is 0.973. The van der Waals surface area contributed by atoms with Crippen LogP contribution in [0, 0.1) is 13.7 Å². The maximum Gasteiger partial charge on any atom is 0.373 e.